The molecule has 0 bridgehead atoms. The number of benzene rings is 2. The lowest BCUT2D eigenvalue weighted by atomic mass is 10.2. The van der Waals surface area contributed by atoms with E-state index < -0.39 is 6.10 Å². The number of amides is 1. The molecule has 0 spiro atoms. The monoisotopic (exact) mass is 406 g/mol. The van der Waals surface area contributed by atoms with Gasteiger partial charge in [-0.15, -0.1) is 11.3 Å². The molecule has 132 valence electrons. The third kappa shape index (κ3) is 3.49. The molecular formula is C18H12Cl2N2O3S. The number of aromatic nitrogens is 1. The predicted molar refractivity (Wildman–Crippen MR) is 103 cm³/mol. The summed E-state index contributed by atoms with van der Waals surface area (Å²) in [6.07, 6.45) is -0.739. The molecule has 1 amide bonds. The van der Waals surface area contributed by atoms with E-state index in [1.807, 2.05) is 17.5 Å². The molecule has 2 heterocycles. The first-order chi connectivity index (χ1) is 12.6. The second kappa shape index (κ2) is 7.15. The summed E-state index contributed by atoms with van der Waals surface area (Å²) in [7, 11) is 0. The Morgan fingerprint density at radius 3 is 2.81 bits per heavy atom. The summed E-state index contributed by atoms with van der Waals surface area (Å²) < 4.78 is 11.3. The minimum atomic E-state index is -0.739. The molecule has 0 unspecified atom stereocenters. The zero-order valence-corrected chi connectivity index (χ0v) is 15.6. The Bertz CT molecular complexity index is 977. The van der Waals surface area contributed by atoms with Crippen molar-refractivity contribution in [2.24, 2.45) is 0 Å². The molecule has 0 aliphatic carbocycles. The highest BCUT2D eigenvalue weighted by Crippen LogP contribution is 2.33. The van der Waals surface area contributed by atoms with Crippen LogP contribution < -0.4 is 14.8 Å². The Kier molecular flexibility index (Phi) is 4.72. The van der Waals surface area contributed by atoms with Gasteiger partial charge in [0.15, 0.2) is 16.6 Å². The van der Waals surface area contributed by atoms with E-state index in [2.05, 4.69) is 10.3 Å². The van der Waals surface area contributed by atoms with Crippen molar-refractivity contribution < 1.29 is 14.3 Å². The predicted octanol–water partition coefficient (Wildman–Crippen LogP) is 4.90. The van der Waals surface area contributed by atoms with E-state index in [1.165, 1.54) is 11.3 Å². The van der Waals surface area contributed by atoms with Gasteiger partial charge < -0.3 is 9.47 Å². The zero-order chi connectivity index (χ0) is 18.1. The van der Waals surface area contributed by atoms with Gasteiger partial charge in [0, 0.05) is 16.0 Å². The van der Waals surface area contributed by atoms with Crippen LogP contribution in [-0.2, 0) is 4.79 Å². The molecule has 1 aliphatic heterocycles. The van der Waals surface area contributed by atoms with Crippen molar-refractivity contribution in [2.75, 3.05) is 11.9 Å². The summed E-state index contributed by atoms with van der Waals surface area (Å²) in [4.78, 5) is 16.9. The fraction of sp³-hybridized carbons (Fsp3) is 0.111. The normalized spacial score (nSPS) is 15.5. The van der Waals surface area contributed by atoms with Crippen LogP contribution in [0.1, 0.15) is 0 Å². The number of hydrogen-bond acceptors (Lipinski definition) is 5. The van der Waals surface area contributed by atoms with Gasteiger partial charge in [-0.1, -0.05) is 35.3 Å². The van der Waals surface area contributed by atoms with Gasteiger partial charge in [0.05, 0.1) is 10.7 Å². The lowest BCUT2D eigenvalue weighted by Crippen LogP contribution is -2.40. The molecular weight excluding hydrogens is 395 g/mol. The van der Waals surface area contributed by atoms with Crippen molar-refractivity contribution >= 4 is 45.6 Å². The first-order valence-electron chi connectivity index (χ1n) is 7.70. The number of nitrogens with zero attached hydrogens (tertiary/aromatic N) is 1. The number of halogens is 2. The zero-order valence-electron chi connectivity index (χ0n) is 13.2. The van der Waals surface area contributed by atoms with E-state index in [0.29, 0.717) is 32.4 Å². The number of carbonyl (C=O) groups excluding carboxylic acids is 1. The first-order valence-corrected chi connectivity index (χ1v) is 9.34. The molecule has 0 radical (unpaired) electrons. The number of anilines is 1. The van der Waals surface area contributed by atoms with Crippen LogP contribution in [0, 0.1) is 0 Å². The van der Waals surface area contributed by atoms with Crippen molar-refractivity contribution in [3.8, 4) is 22.8 Å². The number of rotatable bonds is 3. The van der Waals surface area contributed by atoms with Crippen LogP contribution in [0.4, 0.5) is 5.13 Å². The minimum Gasteiger partial charge on any atom is -0.485 e. The number of fused-ring (bicyclic) bond motifs is 1. The van der Waals surface area contributed by atoms with Gasteiger partial charge in [-0.25, -0.2) is 4.98 Å². The van der Waals surface area contributed by atoms with Gasteiger partial charge in [0.25, 0.3) is 5.91 Å². The van der Waals surface area contributed by atoms with Crippen molar-refractivity contribution in [1.82, 2.24) is 4.98 Å². The number of nitrogens with one attached hydrogen (secondary N) is 1. The second-order valence-electron chi connectivity index (χ2n) is 5.52. The second-order valence-corrected chi connectivity index (χ2v) is 7.22. The van der Waals surface area contributed by atoms with Crippen molar-refractivity contribution in [3.05, 3.63) is 57.9 Å². The largest absolute Gasteiger partial charge is 0.485 e. The molecule has 26 heavy (non-hydrogen) atoms. The number of carbonyl (C=O) groups is 1. The molecule has 1 aromatic heterocycles. The highest BCUT2D eigenvalue weighted by atomic mass is 35.5. The standard InChI is InChI=1S/C18H12Cl2N2O3S/c19-10-5-6-11(12(20)7-10)13-9-26-18(21-13)22-17(23)16-8-24-14-3-1-2-4-15(14)25-16/h1-7,9,16H,8H2,(H,21,22,23)/t16-/m1/s1. The van der Waals surface area contributed by atoms with Crippen LogP contribution in [0.25, 0.3) is 11.3 Å². The SMILES string of the molecule is O=C(Nc1nc(-c2ccc(Cl)cc2Cl)cs1)[C@H]1COc2ccccc2O1. The van der Waals surface area contributed by atoms with Crippen LogP contribution in [0.15, 0.2) is 47.8 Å². The number of hydrogen-bond donors (Lipinski definition) is 1. The van der Waals surface area contributed by atoms with Crippen molar-refractivity contribution in [1.29, 1.82) is 0 Å². The van der Waals surface area contributed by atoms with Gasteiger partial charge in [0.2, 0.25) is 6.10 Å². The maximum atomic E-state index is 12.4. The molecule has 3 aromatic rings. The molecule has 2 aromatic carbocycles. The summed E-state index contributed by atoms with van der Waals surface area (Å²) in [5.74, 6) is 0.861. The summed E-state index contributed by atoms with van der Waals surface area (Å²) in [6, 6.07) is 12.4. The van der Waals surface area contributed by atoms with E-state index in [0.717, 1.165) is 5.56 Å². The summed E-state index contributed by atoms with van der Waals surface area (Å²) >= 11 is 13.4. The molecule has 0 fully saturated rings. The quantitative estimate of drug-likeness (QED) is 0.671. The molecule has 1 aliphatic rings. The van der Waals surface area contributed by atoms with E-state index >= 15 is 0 Å². The lowest BCUT2D eigenvalue weighted by Gasteiger charge is -2.25. The van der Waals surface area contributed by atoms with Crippen LogP contribution >= 0.6 is 34.5 Å². The number of para-hydroxylation sites is 2. The van der Waals surface area contributed by atoms with Gasteiger partial charge >= 0.3 is 0 Å². The summed E-state index contributed by atoms with van der Waals surface area (Å²) in [6.45, 7) is 0.143. The molecule has 1 atom stereocenters. The van der Waals surface area contributed by atoms with E-state index in [9.17, 15) is 4.79 Å². The van der Waals surface area contributed by atoms with Gasteiger partial charge in [-0.3, -0.25) is 10.1 Å². The average Bonchev–Trinajstić information content (AvgIpc) is 3.09. The fourth-order valence-corrected chi connectivity index (χ4v) is 3.71. The molecule has 0 saturated carbocycles. The minimum absolute atomic E-state index is 0.143. The van der Waals surface area contributed by atoms with Crippen LogP contribution in [0.2, 0.25) is 10.0 Å². The Labute approximate surface area is 163 Å². The van der Waals surface area contributed by atoms with Gasteiger partial charge in [0.1, 0.15) is 6.61 Å². The van der Waals surface area contributed by atoms with E-state index in [1.54, 1.807) is 30.3 Å². The molecule has 4 rings (SSSR count). The molecule has 0 saturated heterocycles. The summed E-state index contributed by atoms with van der Waals surface area (Å²) in [5.41, 5.74) is 1.41. The highest BCUT2D eigenvalue weighted by Gasteiger charge is 2.28. The fourth-order valence-electron chi connectivity index (χ4n) is 2.49. The number of ether oxygens (including phenoxy) is 2. The lowest BCUT2D eigenvalue weighted by molar-refractivity contribution is -0.125. The van der Waals surface area contributed by atoms with E-state index in [-0.39, 0.29) is 12.5 Å². The van der Waals surface area contributed by atoms with Crippen LogP contribution in [-0.4, -0.2) is 23.6 Å². The smallest absolute Gasteiger partial charge is 0.270 e. The Morgan fingerprint density at radius 1 is 1.19 bits per heavy atom. The maximum absolute atomic E-state index is 12.4. The first kappa shape index (κ1) is 17.1. The van der Waals surface area contributed by atoms with Crippen LogP contribution in [0.5, 0.6) is 11.5 Å². The molecule has 1 N–H and O–H groups in total. The summed E-state index contributed by atoms with van der Waals surface area (Å²) in [5, 5.41) is 6.09. The third-order valence-corrected chi connectivity index (χ3v) is 5.05. The average molecular weight is 407 g/mol. The Balaban J connectivity index is 1.47. The maximum Gasteiger partial charge on any atom is 0.270 e. The van der Waals surface area contributed by atoms with Crippen LogP contribution in [0.3, 0.4) is 0 Å². The third-order valence-electron chi connectivity index (χ3n) is 3.74. The highest BCUT2D eigenvalue weighted by molar-refractivity contribution is 7.14. The molecule has 5 nitrogen and oxygen atoms in total. The number of thiazole rings is 1. The van der Waals surface area contributed by atoms with E-state index in [4.69, 9.17) is 32.7 Å². The topological polar surface area (TPSA) is 60.5 Å². The van der Waals surface area contributed by atoms with Crippen molar-refractivity contribution in [2.45, 2.75) is 6.10 Å². The Hall–Kier alpha value is -2.28. The molecule has 8 heteroatoms. The van der Waals surface area contributed by atoms with Gasteiger partial charge in [-0.05, 0) is 30.3 Å². The van der Waals surface area contributed by atoms with Gasteiger partial charge in [-0.2, -0.15) is 0 Å². The van der Waals surface area contributed by atoms with Crippen molar-refractivity contribution in [3.63, 3.8) is 0 Å². The Morgan fingerprint density at radius 2 is 2.00 bits per heavy atom.